The van der Waals surface area contributed by atoms with Gasteiger partial charge in [-0.2, -0.15) is 4.72 Å². The van der Waals surface area contributed by atoms with E-state index in [0.717, 1.165) is 11.1 Å². The van der Waals surface area contributed by atoms with Crippen LogP contribution >= 0.6 is 0 Å². The smallest absolute Gasteiger partial charge is 0.325 e. The third-order valence-electron chi connectivity index (χ3n) is 3.85. The average molecular weight is 362 g/mol. The topological polar surface area (TPSA) is 98.5 Å². The standard InChI is InChI=1S/C18H22N2O4S/c1-12-9-15(14-7-5-4-6-8-14)10-13(2)17(12)25(22,23)20-16(11-19)18(21)24-3/h4-10,16,20H,11,19H2,1-3H3/t16-/m0/s1. The number of nitrogens with one attached hydrogen (secondary N) is 1. The Kier molecular flexibility index (Phi) is 5.94. The number of ether oxygens (including phenoxy) is 1. The van der Waals surface area contributed by atoms with Gasteiger partial charge in [-0.15, -0.1) is 0 Å². The molecule has 7 heteroatoms. The Morgan fingerprint density at radius 2 is 1.68 bits per heavy atom. The summed E-state index contributed by atoms with van der Waals surface area (Å²) in [5.74, 6) is -0.720. The number of sulfonamides is 1. The highest BCUT2D eigenvalue weighted by molar-refractivity contribution is 7.89. The van der Waals surface area contributed by atoms with Gasteiger partial charge in [0, 0.05) is 6.54 Å². The summed E-state index contributed by atoms with van der Waals surface area (Å²) in [7, 11) is -2.73. The molecule has 6 nitrogen and oxygen atoms in total. The van der Waals surface area contributed by atoms with E-state index in [1.54, 1.807) is 13.8 Å². The zero-order valence-corrected chi connectivity index (χ0v) is 15.3. The minimum absolute atomic E-state index is 0.148. The van der Waals surface area contributed by atoms with Crippen LogP contribution in [0.25, 0.3) is 11.1 Å². The third kappa shape index (κ3) is 4.25. The van der Waals surface area contributed by atoms with E-state index in [1.807, 2.05) is 42.5 Å². The zero-order valence-electron chi connectivity index (χ0n) is 14.4. The van der Waals surface area contributed by atoms with E-state index in [2.05, 4.69) is 9.46 Å². The number of rotatable bonds is 6. The van der Waals surface area contributed by atoms with Crippen molar-refractivity contribution < 1.29 is 17.9 Å². The van der Waals surface area contributed by atoms with Crippen LogP contribution in [0.1, 0.15) is 11.1 Å². The maximum Gasteiger partial charge on any atom is 0.325 e. The first-order valence-corrected chi connectivity index (χ1v) is 9.25. The van der Waals surface area contributed by atoms with Crippen LogP contribution in [0.2, 0.25) is 0 Å². The Balaban J connectivity index is 2.43. The van der Waals surface area contributed by atoms with Crippen LogP contribution in [-0.4, -0.2) is 34.1 Å². The van der Waals surface area contributed by atoms with Gasteiger partial charge in [0.1, 0.15) is 6.04 Å². The van der Waals surface area contributed by atoms with E-state index in [-0.39, 0.29) is 11.4 Å². The molecule has 0 radical (unpaired) electrons. The van der Waals surface area contributed by atoms with E-state index in [1.165, 1.54) is 7.11 Å². The summed E-state index contributed by atoms with van der Waals surface area (Å²) in [6.45, 7) is 3.26. The molecule has 0 unspecified atom stereocenters. The fraction of sp³-hybridized carbons (Fsp3) is 0.278. The van der Waals surface area contributed by atoms with Crippen LogP contribution in [0, 0.1) is 13.8 Å². The first-order chi connectivity index (χ1) is 11.8. The van der Waals surface area contributed by atoms with Crippen molar-refractivity contribution >= 4 is 16.0 Å². The summed E-state index contributed by atoms with van der Waals surface area (Å²) in [6.07, 6.45) is 0. The largest absolute Gasteiger partial charge is 0.468 e. The van der Waals surface area contributed by atoms with E-state index < -0.39 is 22.0 Å². The molecule has 0 spiro atoms. The summed E-state index contributed by atoms with van der Waals surface area (Å²) in [5.41, 5.74) is 8.59. The molecule has 0 heterocycles. The second kappa shape index (κ2) is 7.77. The quantitative estimate of drug-likeness (QED) is 0.763. The molecular weight excluding hydrogens is 340 g/mol. The Labute approximate surface area is 148 Å². The van der Waals surface area contributed by atoms with Crippen molar-refractivity contribution in [1.82, 2.24) is 4.72 Å². The van der Waals surface area contributed by atoms with Crippen molar-refractivity contribution in [2.45, 2.75) is 24.8 Å². The second-order valence-electron chi connectivity index (χ2n) is 5.74. The molecule has 0 saturated heterocycles. The Morgan fingerprint density at radius 1 is 1.12 bits per heavy atom. The summed E-state index contributed by atoms with van der Waals surface area (Å²) in [4.78, 5) is 11.8. The van der Waals surface area contributed by atoms with Crippen LogP contribution in [0.5, 0.6) is 0 Å². The molecule has 25 heavy (non-hydrogen) atoms. The first kappa shape index (κ1) is 19.1. The average Bonchev–Trinajstić information content (AvgIpc) is 2.58. The molecule has 2 aromatic rings. The number of nitrogens with two attached hydrogens (primary N) is 1. The van der Waals surface area contributed by atoms with Crippen molar-refractivity contribution in [3.05, 3.63) is 53.6 Å². The molecule has 2 aromatic carbocycles. The lowest BCUT2D eigenvalue weighted by Gasteiger charge is -2.18. The Hall–Kier alpha value is -2.22. The molecule has 0 aliphatic rings. The number of carbonyl (C=O) groups is 1. The van der Waals surface area contributed by atoms with E-state index in [9.17, 15) is 13.2 Å². The number of hydrogen-bond acceptors (Lipinski definition) is 5. The monoisotopic (exact) mass is 362 g/mol. The fourth-order valence-corrected chi connectivity index (χ4v) is 4.40. The van der Waals surface area contributed by atoms with Crippen LogP contribution < -0.4 is 10.5 Å². The molecule has 3 N–H and O–H groups in total. The van der Waals surface area contributed by atoms with Crippen molar-refractivity contribution in [2.24, 2.45) is 5.73 Å². The number of carbonyl (C=O) groups excluding carboxylic acids is 1. The van der Waals surface area contributed by atoms with Gasteiger partial charge in [-0.1, -0.05) is 42.5 Å². The van der Waals surface area contributed by atoms with Gasteiger partial charge in [0.05, 0.1) is 12.0 Å². The molecule has 1 atom stereocenters. The molecule has 0 aliphatic carbocycles. The predicted molar refractivity (Wildman–Crippen MR) is 96.5 cm³/mol. The number of hydrogen-bond donors (Lipinski definition) is 2. The summed E-state index contributed by atoms with van der Waals surface area (Å²) in [5, 5.41) is 0. The van der Waals surface area contributed by atoms with Crippen molar-refractivity contribution in [2.75, 3.05) is 13.7 Å². The molecule has 0 amide bonds. The molecule has 0 bridgehead atoms. The molecule has 2 rings (SSSR count). The summed E-state index contributed by atoms with van der Waals surface area (Å²) in [6, 6.07) is 12.2. The van der Waals surface area contributed by atoms with Crippen molar-refractivity contribution in [1.29, 1.82) is 0 Å². The minimum atomic E-state index is -3.92. The van der Waals surface area contributed by atoms with Gasteiger partial charge < -0.3 is 10.5 Å². The molecule has 134 valence electrons. The number of benzene rings is 2. The lowest BCUT2D eigenvalue weighted by Crippen LogP contribution is -2.46. The normalized spacial score (nSPS) is 12.6. The number of methoxy groups -OCH3 is 1. The third-order valence-corrected chi connectivity index (χ3v) is 5.63. The van der Waals surface area contributed by atoms with Gasteiger partial charge in [0.15, 0.2) is 0 Å². The minimum Gasteiger partial charge on any atom is -0.468 e. The lowest BCUT2D eigenvalue weighted by atomic mass is 10.0. The highest BCUT2D eigenvalue weighted by Crippen LogP contribution is 2.28. The predicted octanol–water partition coefficient (Wildman–Crippen LogP) is 1.75. The summed E-state index contributed by atoms with van der Waals surface area (Å²) < 4.78 is 32.4. The Bertz CT molecular complexity index is 841. The number of esters is 1. The van der Waals surface area contributed by atoms with Crippen LogP contribution in [0.15, 0.2) is 47.4 Å². The fourth-order valence-electron chi connectivity index (χ4n) is 2.75. The van der Waals surface area contributed by atoms with E-state index in [4.69, 9.17) is 5.73 Å². The van der Waals surface area contributed by atoms with Gasteiger partial charge in [0.25, 0.3) is 0 Å². The van der Waals surface area contributed by atoms with E-state index >= 15 is 0 Å². The van der Waals surface area contributed by atoms with Gasteiger partial charge in [0.2, 0.25) is 10.0 Å². The molecule has 0 aromatic heterocycles. The molecule has 0 aliphatic heterocycles. The molecule has 0 fully saturated rings. The first-order valence-electron chi connectivity index (χ1n) is 7.77. The second-order valence-corrected chi connectivity index (χ2v) is 7.39. The number of aryl methyl sites for hydroxylation is 2. The molecule has 0 saturated carbocycles. The Morgan fingerprint density at radius 3 is 2.16 bits per heavy atom. The highest BCUT2D eigenvalue weighted by atomic mass is 32.2. The van der Waals surface area contributed by atoms with Gasteiger partial charge in [-0.25, -0.2) is 8.42 Å². The molecular formula is C18H22N2O4S. The summed E-state index contributed by atoms with van der Waals surface area (Å²) >= 11 is 0. The van der Waals surface area contributed by atoms with Crippen molar-refractivity contribution in [3.63, 3.8) is 0 Å². The SMILES string of the molecule is COC(=O)[C@H](CN)NS(=O)(=O)c1c(C)cc(-c2ccccc2)cc1C. The van der Waals surface area contributed by atoms with Crippen molar-refractivity contribution in [3.8, 4) is 11.1 Å². The maximum absolute atomic E-state index is 12.7. The highest BCUT2D eigenvalue weighted by Gasteiger charge is 2.27. The zero-order chi connectivity index (χ0) is 18.6. The van der Waals surface area contributed by atoms with Crippen LogP contribution in [0.3, 0.4) is 0 Å². The van der Waals surface area contributed by atoms with Gasteiger partial charge >= 0.3 is 5.97 Å². The van der Waals surface area contributed by atoms with Crippen LogP contribution in [0.4, 0.5) is 0 Å². The van der Waals surface area contributed by atoms with Gasteiger partial charge in [-0.3, -0.25) is 4.79 Å². The van der Waals surface area contributed by atoms with Gasteiger partial charge in [-0.05, 0) is 36.1 Å². The lowest BCUT2D eigenvalue weighted by molar-refractivity contribution is -0.142. The van der Waals surface area contributed by atoms with Crippen LogP contribution in [-0.2, 0) is 19.6 Å². The maximum atomic E-state index is 12.7. The van der Waals surface area contributed by atoms with E-state index in [0.29, 0.717) is 11.1 Å².